The van der Waals surface area contributed by atoms with Gasteiger partial charge in [-0.25, -0.2) is 0 Å². The summed E-state index contributed by atoms with van der Waals surface area (Å²) in [5.41, 5.74) is 1.04. The molecule has 0 aromatic heterocycles. The lowest BCUT2D eigenvalue weighted by Gasteiger charge is -2.24. The zero-order valence-corrected chi connectivity index (χ0v) is 24.1. The number of ether oxygens (including phenoxy) is 1. The molecule has 2 unspecified atom stereocenters. The zero-order valence-electron chi connectivity index (χ0n) is 24.1. The van der Waals surface area contributed by atoms with Crippen LogP contribution in [0.4, 0.5) is 5.69 Å². The summed E-state index contributed by atoms with van der Waals surface area (Å²) in [6.07, 6.45) is 6.32. The Labute approximate surface area is 236 Å². The molecule has 10 heteroatoms. The van der Waals surface area contributed by atoms with Gasteiger partial charge in [-0.1, -0.05) is 39.7 Å². The first-order valence-electron chi connectivity index (χ1n) is 13.9. The molecule has 0 bridgehead atoms. The van der Waals surface area contributed by atoms with Gasteiger partial charge >= 0.3 is 0 Å². The van der Waals surface area contributed by atoms with Crippen LogP contribution in [0.3, 0.4) is 0 Å². The quantitative estimate of drug-likeness (QED) is 0.242. The van der Waals surface area contributed by atoms with Crippen LogP contribution in [0.15, 0.2) is 30.4 Å². The van der Waals surface area contributed by atoms with Crippen LogP contribution in [0, 0.1) is 17.8 Å². The highest BCUT2D eigenvalue weighted by molar-refractivity contribution is 6.06. The molecule has 3 amide bonds. The molecule has 1 aliphatic rings. The lowest BCUT2D eigenvalue weighted by atomic mass is 9.80. The van der Waals surface area contributed by atoms with E-state index in [9.17, 15) is 29.1 Å². The number of aliphatic hydroxyl groups is 1. The first kappa shape index (κ1) is 32.7. The molecule has 2 rings (SSSR count). The standard InChI is InChI=1S/C30H43N3O7/c1-18(2)28(30(39)31-20(4)29(38)32-24-13-11-21(17-34)15-26(24)40-5)33-27(37)10-8-6-7-9-19(3)23-16-22(35)12-14-25(23)36/h11-15,18-20,23,28,34H,6-10,16-17H2,1-5H3,(H,31,39)(H,32,38)(H,33,37)/t19?,20-,23?,28-/m0/s1. The van der Waals surface area contributed by atoms with Gasteiger partial charge in [0, 0.05) is 18.8 Å². The molecule has 0 spiro atoms. The van der Waals surface area contributed by atoms with Crippen molar-refractivity contribution in [3.8, 4) is 5.75 Å². The van der Waals surface area contributed by atoms with E-state index in [1.807, 2.05) is 20.8 Å². The Balaban J connectivity index is 1.79. The highest BCUT2D eigenvalue weighted by Crippen LogP contribution is 2.27. The third-order valence-corrected chi connectivity index (χ3v) is 7.19. The molecule has 1 aromatic carbocycles. The number of amides is 3. The van der Waals surface area contributed by atoms with E-state index in [2.05, 4.69) is 16.0 Å². The first-order valence-corrected chi connectivity index (χ1v) is 13.9. The number of benzene rings is 1. The van der Waals surface area contributed by atoms with Crippen LogP contribution < -0.4 is 20.7 Å². The van der Waals surface area contributed by atoms with Gasteiger partial charge in [0.25, 0.3) is 0 Å². The fraction of sp³-hybridized carbons (Fsp3) is 0.567. The second-order valence-electron chi connectivity index (χ2n) is 10.8. The molecule has 1 aliphatic carbocycles. The molecule has 0 saturated heterocycles. The monoisotopic (exact) mass is 557 g/mol. The molecule has 0 radical (unpaired) electrons. The molecule has 4 N–H and O–H groups in total. The van der Waals surface area contributed by atoms with Gasteiger partial charge in [0.05, 0.1) is 19.4 Å². The van der Waals surface area contributed by atoms with Crippen molar-refractivity contribution in [2.75, 3.05) is 12.4 Å². The summed E-state index contributed by atoms with van der Waals surface area (Å²) < 4.78 is 5.27. The highest BCUT2D eigenvalue weighted by atomic mass is 16.5. The van der Waals surface area contributed by atoms with Gasteiger partial charge < -0.3 is 25.8 Å². The third kappa shape index (κ3) is 9.89. The van der Waals surface area contributed by atoms with Crippen molar-refractivity contribution in [2.45, 2.75) is 84.9 Å². The Morgan fingerprint density at radius 2 is 1.73 bits per heavy atom. The van der Waals surface area contributed by atoms with E-state index in [1.165, 1.54) is 19.3 Å². The summed E-state index contributed by atoms with van der Waals surface area (Å²) in [5, 5.41) is 17.5. The second-order valence-corrected chi connectivity index (χ2v) is 10.8. The van der Waals surface area contributed by atoms with Crippen molar-refractivity contribution >= 4 is 35.0 Å². The first-order chi connectivity index (χ1) is 19.0. The summed E-state index contributed by atoms with van der Waals surface area (Å²) >= 11 is 0. The lowest BCUT2D eigenvalue weighted by Crippen LogP contribution is -2.53. The van der Waals surface area contributed by atoms with Crippen LogP contribution in [0.25, 0.3) is 0 Å². The number of hydrogen-bond acceptors (Lipinski definition) is 7. The fourth-order valence-electron chi connectivity index (χ4n) is 4.62. The molecule has 220 valence electrons. The fourth-order valence-corrected chi connectivity index (χ4v) is 4.62. The maximum absolute atomic E-state index is 12.9. The molecular formula is C30H43N3O7. The smallest absolute Gasteiger partial charge is 0.246 e. The largest absolute Gasteiger partial charge is 0.495 e. The summed E-state index contributed by atoms with van der Waals surface area (Å²) in [6.45, 7) is 7.00. The Morgan fingerprint density at radius 1 is 1.00 bits per heavy atom. The minimum Gasteiger partial charge on any atom is -0.495 e. The maximum atomic E-state index is 12.9. The van der Waals surface area contributed by atoms with Crippen LogP contribution in [0.1, 0.15) is 71.8 Å². The Morgan fingerprint density at radius 3 is 2.38 bits per heavy atom. The molecule has 0 aliphatic heterocycles. The summed E-state index contributed by atoms with van der Waals surface area (Å²) in [5.74, 6) is -1.14. The van der Waals surface area contributed by atoms with Gasteiger partial charge in [0.1, 0.15) is 17.8 Å². The molecule has 0 heterocycles. The molecule has 1 aromatic rings. The van der Waals surface area contributed by atoms with Crippen molar-refractivity contribution in [1.29, 1.82) is 0 Å². The Hall–Kier alpha value is -3.53. The average Bonchev–Trinajstić information content (AvgIpc) is 2.92. The molecule has 10 nitrogen and oxygen atoms in total. The van der Waals surface area contributed by atoms with Crippen molar-refractivity contribution in [1.82, 2.24) is 10.6 Å². The van der Waals surface area contributed by atoms with E-state index in [0.29, 0.717) is 23.4 Å². The predicted molar refractivity (Wildman–Crippen MR) is 151 cm³/mol. The number of hydrogen-bond donors (Lipinski definition) is 4. The van der Waals surface area contributed by atoms with Gasteiger partial charge in [0.2, 0.25) is 17.7 Å². The number of rotatable bonds is 15. The zero-order chi connectivity index (χ0) is 29.8. The lowest BCUT2D eigenvalue weighted by molar-refractivity contribution is -0.131. The summed E-state index contributed by atoms with van der Waals surface area (Å²) in [6, 6.07) is 3.20. The van der Waals surface area contributed by atoms with Crippen molar-refractivity contribution in [2.24, 2.45) is 17.8 Å². The van der Waals surface area contributed by atoms with Crippen LogP contribution in [0.5, 0.6) is 5.75 Å². The van der Waals surface area contributed by atoms with Gasteiger partial charge in [-0.2, -0.15) is 0 Å². The number of carbonyl (C=O) groups excluding carboxylic acids is 5. The number of unbranched alkanes of at least 4 members (excludes halogenated alkanes) is 2. The van der Waals surface area contributed by atoms with E-state index < -0.39 is 23.9 Å². The topological polar surface area (TPSA) is 151 Å². The van der Waals surface area contributed by atoms with Crippen LogP contribution in [-0.4, -0.2) is 53.6 Å². The maximum Gasteiger partial charge on any atom is 0.246 e. The summed E-state index contributed by atoms with van der Waals surface area (Å²) in [4.78, 5) is 61.9. The highest BCUT2D eigenvalue weighted by Gasteiger charge is 2.29. The normalized spacial score (nSPS) is 17.2. The average molecular weight is 558 g/mol. The molecule has 4 atom stereocenters. The number of allylic oxidation sites excluding steroid dienone is 2. The number of carbonyl (C=O) groups is 5. The van der Waals surface area contributed by atoms with Crippen LogP contribution in [-0.2, 0) is 30.6 Å². The predicted octanol–water partition coefficient (Wildman–Crippen LogP) is 3.07. The summed E-state index contributed by atoms with van der Waals surface area (Å²) in [7, 11) is 1.45. The van der Waals surface area contributed by atoms with Gasteiger partial charge in [0.15, 0.2) is 11.6 Å². The van der Waals surface area contributed by atoms with E-state index in [1.54, 1.807) is 25.1 Å². The van der Waals surface area contributed by atoms with E-state index in [4.69, 9.17) is 4.74 Å². The molecular weight excluding hydrogens is 514 g/mol. The molecule has 40 heavy (non-hydrogen) atoms. The Kier molecular flexibility index (Phi) is 13.0. The van der Waals surface area contributed by atoms with Gasteiger partial charge in [-0.15, -0.1) is 0 Å². The van der Waals surface area contributed by atoms with Crippen molar-refractivity contribution in [3.63, 3.8) is 0 Å². The molecule has 0 saturated carbocycles. The number of ketones is 2. The minimum absolute atomic E-state index is 0.00714. The van der Waals surface area contributed by atoms with Crippen LogP contribution >= 0.6 is 0 Å². The van der Waals surface area contributed by atoms with Gasteiger partial charge in [-0.3, -0.25) is 24.0 Å². The van der Waals surface area contributed by atoms with Crippen molar-refractivity contribution in [3.05, 3.63) is 35.9 Å². The third-order valence-electron chi connectivity index (χ3n) is 7.19. The SMILES string of the molecule is COc1cc(CO)ccc1NC(=O)[C@H](C)NC(=O)[C@@H](NC(=O)CCCCCC(C)C1CC(=O)C=CC1=O)C(C)C. The van der Waals surface area contributed by atoms with E-state index in [0.717, 1.165) is 19.3 Å². The number of methoxy groups -OCH3 is 1. The van der Waals surface area contributed by atoms with Crippen molar-refractivity contribution < 1.29 is 33.8 Å². The number of aliphatic hydroxyl groups excluding tert-OH is 1. The number of anilines is 1. The number of nitrogens with one attached hydrogen (secondary N) is 3. The minimum atomic E-state index is -0.878. The van der Waals surface area contributed by atoms with Crippen LogP contribution in [0.2, 0.25) is 0 Å². The molecule has 0 fully saturated rings. The van der Waals surface area contributed by atoms with E-state index >= 15 is 0 Å². The van der Waals surface area contributed by atoms with E-state index in [-0.39, 0.29) is 54.7 Å². The van der Waals surface area contributed by atoms with Gasteiger partial charge in [-0.05, 0) is 61.4 Å². The second kappa shape index (κ2) is 15.9. The Bertz CT molecular complexity index is 1100.